The van der Waals surface area contributed by atoms with Crippen LogP contribution >= 0.6 is 0 Å². The van der Waals surface area contributed by atoms with Crippen molar-refractivity contribution >= 4 is 5.96 Å². The average molecular weight is 302 g/mol. The average Bonchev–Trinajstić information content (AvgIpc) is 3.14. The van der Waals surface area contributed by atoms with Crippen molar-refractivity contribution in [3.63, 3.8) is 0 Å². The number of rotatable bonds is 4. The molecule has 0 fully saturated rings. The second-order valence-electron chi connectivity index (χ2n) is 5.52. The number of guanidine groups is 1. The number of nitrogens with zero attached hydrogens (tertiary/aromatic N) is 6. The number of nitrogens with one attached hydrogen (secondary N) is 2. The minimum Gasteiger partial charge on any atom is -0.355 e. The lowest BCUT2D eigenvalue weighted by Crippen LogP contribution is -2.47. The first-order chi connectivity index (χ1) is 10.7. The molecule has 2 N–H and O–H groups in total. The minimum atomic E-state index is 0.326. The zero-order chi connectivity index (χ0) is 15.4. The van der Waals surface area contributed by atoms with Gasteiger partial charge in [-0.1, -0.05) is 0 Å². The Balaban J connectivity index is 1.46. The Hall–Kier alpha value is -2.38. The molecule has 2 aromatic rings. The molecule has 1 aliphatic heterocycles. The monoisotopic (exact) mass is 302 g/mol. The van der Waals surface area contributed by atoms with Crippen LogP contribution in [0.25, 0.3) is 0 Å². The van der Waals surface area contributed by atoms with E-state index in [9.17, 15) is 0 Å². The second-order valence-corrected chi connectivity index (χ2v) is 5.52. The number of fused-ring (bicyclic) bond motifs is 1. The fourth-order valence-electron chi connectivity index (χ4n) is 2.62. The van der Waals surface area contributed by atoms with E-state index in [1.807, 2.05) is 28.7 Å². The summed E-state index contributed by atoms with van der Waals surface area (Å²) in [7, 11) is 1.79. The Morgan fingerprint density at radius 2 is 2.36 bits per heavy atom. The molecule has 0 aromatic carbocycles. The minimum absolute atomic E-state index is 0.326. The number of hydrogen-bond acceptors (Lipinski definition) is 4. The van der Waals surface area contributed by atoms with Crippen LogP contribution in [-0.2, 0) is 19.5 Å². The van der Waals surface area contributed by atoms with Crippen molar-refractivity contribution in [3.05, 3.63) is 30.1 Å². The molecule has 2 aromatic heterocycles. The second kappa shape index (κ2) is 6.59. The van der Waals surface area contributed by atoms with E-state index in [0.717, 1.165) is 44.3 Å². The maximum absolute atomic E-state index is 4.28. The van der Waals surface area contributed by atoms with Gasteiger partial charge in [-0.05, 0) is 18.9 Å². The summed E-state index contributed by atoms with van der Waals surface area (Å²) < 4.78 is 3.89. The first kappa shape index (κ1) is 14.6. The van der Waals surface area contributed by atoms with Gasteiger partial charge in [-0.3, -0.25) is 9.67 Å². The first-order valence-corrected chi connectivity index (χ1v) is 7.57. The Labute approximate surface area is 129 Å². The summed E-state index contributed by atoms with van der Waals surface area (Å²) in [6.45, 7) is 4.46. The van der Waals surface area contributed by atoms with E-state index in [1.54, 1.807) is 13.4 Å². The van der Waals surface area contributed by atoms with Crippen molar-refractivity contribution in [3.8, 4) is 0 Å². The van der Waals surface area contributed by atoms with E-state index >= 15 is 0 Å². The van der Waals surface area contributed by atoms with Gasteiger partial charge in [0.25, 0.3) is 0 Å². The zero-order valence-corrected chi connectivity index (χ0v) is 13.0. The molecule has 8 heteroatoms. The lowest BCUT2D eigenvalue weighted by molar-refractivity contribution is 0.392. The molecular weight excluding hydrogens is 280 g/mol. The van der Waals surface area contributed by atoms with Gasteiger partial charge in [0, 0.05) is 32.3 Å². The van der Waals surface area contributed by atoms with Crippen LogP contribution in [0.4, 0.5) is 0 Å². The molecule has 0 aliphatic carbocycles. The molecular formula is C14H22N8. The molecule has 3 rings (SSSR count). The third-order valence-electron chi connectivity index (χ3n) is 3.77. The van der Waals surface area contributed by atoms with E-state index < -0.39 is 0 Å². The van der Waals surface area contributed by atoms with E-state index in [4.69, 9.17) is 0 Å². The molecule has 0 amide bonds. The normalized spacial score (nSPS) is 18.1. The van der Waals surface area contributed by atoms with Crippen molar-refractivity contribution in [2.45, 2.75) is 38.9 Å². The van der Waals surface area contributed by atoms with Gasteiger partial charge in [0.15, 0.2) is 5.96 Å². The SMILES string of the molecule is CN=C(NCCn1cc(C)cn1)NC1CCc2ncnn2C1. The van der Waals surface area contributed by atoms with Crippen LogP contribution in [0.15, 0.2) is 23.7 Å². The fraction of sp³-hybridized carbons (Fsp3) is 0.571. The van der Waals surface area contributed by atoms with Crippen molar-refractivity contribution in [2.75, 3.05) is 13.6 Å². The molecule has 0 radical (unpaired) electrons. The maximum Gasteiger partial charge on any atom is 0.191 e. The highest BCUT2D eigenvalue weighted by Crippen LogP contribution is 2.11. The third kappa shape index (κ3) is 3.44. The molecule has 22 heavy (non-hydrogen) atoms. The zero-order valence-electron chi connectivity index (χ0n) is 13.0. The molecule has 0 spiro atoms. The van der Waals surface area contributed by atoms with Crippen LogP contribution in [0.2, 0.25) is 0 Å². The molecule has 118 valence electrons. The van der Waals surface area contributed by atoms with E-state index in [1.165, 1.54) is 5.56 Å². The Morgan fingerprint density at radius 1 is 1.45 bits per heavy atom. The number of aryl methyl sites for hydroxylation is 2. The largest absolute Gasteiger partial charge is 0.355 e. The first-order valence-electron chi connectivity index (χ1n) is 7.57. The summed E-state index contributed by atoms with van der Waals surface area (Å²) in [6, 6.07) is 0.326. The molecule has 0 saturated heterocycles. The molecule has 8 nitrogen and oxygen atoms in total. The lowest BCUT2D eigenvalue weighted by Gasteiger charge is -2.25. The van der Waals surface area contributed by atoms with Gasteiger partial charge < -0.3 is 10.6 Å². The summed E-state index contributed by atoms with van der Waals surface area (Å²) >= 11 is 0. The number of hydrogen-bond donors (Lipinski definition) is 2. The quantitative estimate of drug-likeness (QED) is 0.612. The van der Waals surface area contributed by atoms with Crippen molar-refractivity contribution in [2.24, 2.45) is 4.99 Å². The smallest absolute Gasteiger partial charge is 0.191 e. The van der Waals surface area contributed by atoms with Gasteiger partial charge in [-0.2, -0.15) is 10.2 Å². The van der Waals surface area contributed by atoms with Crippen molar-refractivity contribution in [1.82, 2.24) is 35.2 Å². The highest BCUT2D eigenvalue weighted by atomic mass is 15.4. The predicted octanol–water partition coefficient (Wildman–Crippen LogP) is -0.0370. The van der Waals surface area contributed by atoms with Crippen LogP contribution in [0.3, 0.4) is 0 Å². The van der Waals surface area contributed by atoms with Crippen molar-refractivity contribution < 1.29 is 0 Å². The lowest BCUT2D eigenvalue weighted by atomic mass is 10.1. The van der Waals surface area contributed by atoms with Crippen LogP contribution < -0.4 is 10.6 Å². The molecule has 1 aliphatic rings. The topological polar surface area (TPSA) is 84.9 Å². The summed E-state index contributed by atoms with van der Waals surface area (Å²) in [6.07, 6.45) is 7.51. The molecule has 0 bridgehead atoms. The number of aliphatic imine (C=N–C) groups is 1. The van der Waals surface area contributed by atoms with Gasteiger partial charge in [-0.25, -0.2) is 9.67 Å². The van der Waals surface area contributed by atoms with Gasteiger partial charge in [0.2, 0.25) is 0 Å². The summed E-state index contributed by atoms with van der Waals surface area (Å²) in [5.41, 5.74) is 1.17. The highest BCUT2D eigenvalue weighted by Gasteiger charge is 2.20. The fourth-order valence-corrected chi connectivity index (χ4v) is 2.62. The number of aromatic nitrogens is 5. The van der Waals surface area contributed by atoms with Crippen LogP contribution in [0.5, 0.6) is 0 Å². The third-order valence-corrected chi connectivity index (χ3v) is 3.77. The summed E-state index contributed by atoms with van der Waals surface area (Å²) in [5.74, 6) is 1.88. The van der Waals surface area contributed by atoms with Gasteiger partial charge in [0.1, 0.15) is 12.2 Å². The molecule has 3 heterocycles. The van der Waals surface area contributed by atoms with Crippen LogP contribution in [0, 0.1) is 6.92 Å². The van der Waals surface area contributed by atoms with E-state index in [-0.39, 0.29) is 0 Å². The maximum atomic E-state index is 4.28. The van der Waals surface area contributed by atoms with E-state index in [2.05, 4.69) is 30.8 Å². The Morgan fingerprint density at radius 3 is 3.14 bits per heavy atom. The van der Waals surface area contributed by atoms with Gasteiger partial charge in [-0.15, -0.1) is 0 Å². The van der Waals surface area contributed by atoms with Crippen LogP contribution in [0.1, 0.15) is 17.8 Å². The Bertz CT molecular complexity index is 641. The molecule has 0 saturated carbocycles. The summed E-state index contributed by atoms with van der Waals surface area (Å²) in [5, 5.41) is 15.3. The highest BCUT2D eigenvalue weighted by molar-refractivity contribution is 5.79. The van der Waals surface area contributed by atoms with Gasteiger partial charge in [0.05, 0.1) is 19.3 Å². The molecule has 1 atom stereocenters. The van der Waals surface area contributed by atoms with E-state index in [0.29, 0.717) is 6.04 Å². The van der Waals surface area contributed by atoms with Crippen molar-refractivity contribution in [1.29, 1.82) is 0 Å². The summed E-state index contributed by atoms with van der Waals surface area (Å²) in [4.78, 5) is 8.53. The predicted molar refractivity (Wildman–Crippen MR) is 83.6 cm³/mol. The Kier molecular flexibility index (Phi) is 4.36. The molecule has 1 unspecified atom stereocenters. The standard InChI is InChI=1S/C14H22N8/c1-11-7-18-21(8-11)6-5-16-14(15-2)20-12-3-4-13-17-10-19-22(13)9-12/h7-8,10,12H,3-6,9H2,1-2H3,(H2,15,16,20). The van der Waals surface area contributed by atoms with Crippen LogP contribution in [-0.4, -0.2) is 50.1 Å². The van der Waals surface area contributed by atoms with Gasteiger partial charge >= 0.3 is 0 Å².